The number of benzene rings is 1. The lowest BCUT2D eigenvalue weighted by atomic mass is 10.1. The van der Waals surface area contributed by atoms with E-state index in [1.54, 1.807) is 24.4 Å². The molecule has 3 heteroatoms. The monoisotopic (exact) mass is 186 g/mol. The highest BCUT2D eigenvalue weighted by Gasteiger charge is 1.99. The first-order chi connectivity index (χ1) is 6.75. The molecule has 0 saturated carbocycles. The van der Waals surface area contributed by atoms with Gasteiger partial charge in [-0.15, -0.1) is 0 Å². The molecule has 0 spiro atoms. The quantitative estimate of drug-likeness (QED) is 0.742. The molecular weight excluding hydrogens is 176 g/mol. The molecule has 0 aliphatic carbocycles. The lowest BCUT2D eigenvalue weighted by Gasteiger charge is -2.01. The molecule has 0 amide bonds. The van der Waals surface area contributed by atoms with Gasteiger partial charge in [-0.1, -0.05) is 12.1 Å². The number of rotatable bonds is 1. The van der Waals surface area contributed by atoms with E-state index in [0.29, 0.717) is 0 Å². The second-order valence-electron chi connectivity index (χ2n) is 3.04. The summed E-state index contributed by atoms with van der Waals surface area (Å²) in [4.78, 5) is 8.28. The molecule has 70 valence electrons. The molecule has 0 atom stereocenters. The second kappa shape index (κ2) is 3.46. The van der Waals surface area contributed by atoms with Gasteiger partial charge < -0.3 is 5.11 Å². The van der Waals surface area contributed by atoms with Crippen LogP contribution >= 0.6 is 0 Å². The summed E-state index contributed by atoms with van der Waals surface area (Å²) in [6.07, 6.45) is 1.71. The molecule has 1 aromatic carbocycles. The Hall–Kier alpha value is -1.90. The highest BCUT2D eigenvalue weighted by Crippen LogP contribution is 2.20. The van der Waals surface area contributed by atoms with Gasteiger partial charge in [0, 0.05) is 11.8 Å². The molecule has 2 rings (SSSR count). The van der Waals surface area contributed by atoms with Crippen LogP contribution in [0.5, 0.6) is 5.75 Å². The van der Waals surface area contributed by atoms with Crippen LogP contribution in [0.3, 0.4) is 0 Å². The third kappa shape index (κ3) is 1.71. The van der Waals surface area contributed by atoms with E-state index in [2.05, 4.69) is 9.97 Å². The van der Waals surface area contributed by atoms with Gasteiger partial charge in [-0.2, -0.15) is 0 Å². The Morgan fingerprint density at radius 1 is 1.21 bits per heavy atom. The highest BCUT2D eigenvalue weighted by molar-refractivity contribution is 5.60. The molecule has 14 heavy (non-hydrogen) atoms. The summed E-state index contributed by atoms with van der Waals surface area (Å²) in [6, 6.07) is 8.84. The Balaban J connectivity index is 2.49. The van der Waals surface area contributed by atoms with Crippen molar-refractivity contribution in [3.8, 4) is 17.0 Å². The van der Waals surface area contributed by atoms with Crippen LogP contribution < -0.4 is 0 Å². The Labute approximate surface area is 82.1 Å². The van der Waals surface area contributed by atoms with Gasteiger partial charge in [0.15, 0.2) is 0 Å². The van der Waals surface area contributed by atoms with Crippen molar-refractivity contribution in [3.63, 3.8) is 0 Å². The summed E-state index contributed by atoms with van der Waals surface area (Å²) in [6.45, 7) is 1.84. The Kier molecular flexibility index (Phi) is 2.14. The zero-order chi connectivity index (χ0) is 9.97. The van der Waals surface area contributed by atoms with Crippen LogP contribution in [0.2, 0.25) is 0 Å². The van der Waals surface area contributed by atoms with Gasteiger partial charge in [-0.25, -0.2) is 9.97 Å². The van der Waals surface area contributed by atoms with Crippen LogP contribution in [-0.2, 0) is 0 Å². The third-order valence-electron chi connectivity index (χ3n) is 1.92. The Morgan fingerprint density at radius 2 is 2.07 bits per heavy atom. The van der Waals surface area contributed by atoms with Gasteiger partial charge in [0.05, 0.1) is 5.69 Å². The lowest BCUT2D eigenvalue weighted by Crippen LogP contribution is -1.89. The van der Waals surface area contributed by atoms with Gasteiger partial charge in [0.2, 0.25) is 0 Å². The van der Waals surface area contributed by atoms with Crippen LogP contribution in [0.25, 0.3) is 11.3 Å². The van der Waals surface area contributed by atoms with Crippen molar-refractivity contribution in [2.45, 2.75) is 6.92 Å². The smallest absolute Gasteiger partial charge is 0.125 e. The maximum Gasteiger partial charge on any atom is 0.125 e. The molecule has 1 aromatic heterocycles. The van der Waals surface area contributed by atoms with Gasteiger partial charge in [-0.05, 0) is 25.1 Å². The molecule has 0 radical (unpaired) electrons. The molecule has 1 N–H and O–H groups in total. The van der Waals surface area contributed by atoms with E-state index in [0.717, 1.165) is 17.1 Å². The summed E-state index contributed by atoms with van der Waals surface area (Å²) >= 11 is 0. The van der Waals surface area contributed by atoms with E-state index in [1.165, 1.54) is 0 Å². The molecule has 0 aliphatic heterocycles. The maximum absolute atomic E-state index is 9.30. The van der Waals surface area contributed by atoms with E-state index in [1.807, 2.05) is 19.1 Å². The number of aromatic nitrogens is 2. The first kappa shape index (κ1) is 8.69. The second-order valence-corrected chi connectivity index (χ2v) is 3.04. The van der Waals surface area contributed by atoms with E-state index in [4.69, 9.17) is 0 Å². The minimum atomic E-state index is 0.249. The number of phenols is 1. The third-order valence-corrected chi connectivity index (χ3v) is 1.92. The van der Waals surface area contributed by atoms with Crippen LogP contribution in [0.15, 0.2) is 36.5 Å². The van der Waals surface area contributed by atoms with Gasteiger partial charge in [0.25, 0.3) is 0 Å². The first-order valence-corrected chi connectivity index (χ1v) is 4.35. The molecule has 0 fully saturated rings. The summed E-state index contributed by atoms with van der Waals surface area (Å²) in [7, 11) is 0. The molecule has 1 heterocycles. The van der Waals surface area contributed by atoms with E-state index >= 15 is 0 Å². The van der Waals surface area contributed by atoms with E-state index in [9.17, 15) is 5.11 Å². The van der Waals surface area contributed by atoms with Crippen molar-refractivity contribution in [1.29, 1.82) is 0 Å². The summed E-state index contributed by atoms with van der Waals surface area (Å²) in [5.41, 5.74) is 1.73. The summed E-state index contributed by atoms with van der Waals surface area (Å²) in [5, 5.41) is 9.30. The fraction of sp³-hybridized carbons (Fsp3) is 0.0909. The minimum Gasteiger partial charge on any atom is -0.508 e. The number of hydrogen-bond acceptors (Lipinski definition) is 3. The topological polar surface area (TPSA) is 46.0 Å². The average Bonchev–Trinajstić information content (AvgIpc) is 2.18. The van der Waals surface area contributed by atoms with E-state index < -0.39 is 0 Å². The van der Waals surface area contributed by atoms with Crippen molar-refractivity contribution >= 4 is 0 Å². The predicted octanol–water partition coefficient (Wildman–Crippen LogP) is 2.16. The zero-order valence-electron chi connectivity index (χ0n) is 7.81. The average molecular weight is 186 g/mol. The normalized spacial score (nSPS) is 10.1. The van der Waals surface area contributed by atoms with Crippen molar-refractivity contribution in [2.75, 3.05) is 0 Å². The summed E-state index contributed by atoms with van der Waals surface area (Å²) in [5.74, 6) is 0.976. The number of aromatic hydroxyl groups is 1. The number of nitrogens with zero attached hydrogens (tertiary/aromatic N) is 2. The highest BCUT2D eigenvalue weighted by atomic mass is 16.3. The zero-order valence-corrected chi connectivity index (χ0v) is 7.81. The fourth-order valence-electron chi connectivity index (χ4n) is 1.28. The molecule has 0 unspecified atom stereocenters. The molecule has 3 nitrogen and oxygen atoms in total. The molecule has 0 saturated heterocycles. The van der Waals surface area contributed by atoms with Crippen molar-refractivity contribution in [2.24, 2.45) is 0 Å². The summed E-state index contributed by atoms with van der Waals surface area (Å²) < 4.78 is 0. The van der Waals surface area contributed by atoms with Crippen molar-refractivity contribution in [3.05, 3.63) is 42.4 Å². The SMILES string of the molecule is Cc1nccc(-c2cccc(O)c2)n1. The minimum absolute atomic E-state index is 0.249. The van der Waals surface area contributed by atoms with Crippen LogP contribution in [-0.4, -0.2) is 15.1 Å². The Bertz CT molecular complexity index is 411. The number of aryl methyl sites for hydroxylation is 1. The van der Waals surface area contributed by atoms with Crippen LogP contribution in [0.1, 0.15) is 5.82 Å². The molecule has 0 bridgehead atoms. The van der Waals surface area contributed by atoms with E-state index in [-0.39, 0.29) is 5.75 Å². The number of phenolic OH excluding ortho intramolecular Hbond substituents is 1. The number of hydrogen-bond donors (Lipinski definition) is 1. The molecular formula is C11H10N2O. The van der Waals surface area contributed by atoms with Gasteiger partial charge in [0.1, 0.15) is 11.6 Å². The van der Waals surface area contributed by atoms with Crippen LogP contribution in [0, 0.1) is 6.92 Å². The maximum atomic E-state index is 9.30. The van der Waals surface area contributed by atoms with Crippen molar-refractivity contribution < 1.29 is 5.11 Å². The molecule has 0 aliphatic rings. The standard InChI is InChI=1S/C11H10N2O/c1-8-12-6-5-11(13-8)9-3-2-4-10(14)7-9/h2-7,14H,1H3. The lowest BCUT2D eigenvalue weighted by molar-refractivity contribution is 0.475. The fourth-order valence-corrected chi connectivity index (χ4v) is 1.28. The predicted molar refractivity (Wildman–Crippen MR) is 53.9 cm³/mol. The van der Waals surface area contributed by atoms with Gasteiger partial charge in [-0.3, -0.25) is 0 Å². The molecule has 2 aromatic rings. The Morgan fingerprint density at radius 3 is 2.79 bits per heavy atom. The van der Waals surface area contributed by atoms with Crippen LogP contribution in [0.4, 0.5) is 0 Å². The largest absolute Gasteiger partial charge is 0.508 e. The van der Waals surface area contributed by atoms with Crippen molar-refractivity contribution in [1.82, 2.24) is 9.97 Å². The first-order valence-electron chi connectivity index (χ1n) is 4.35. The van der Waals surface area contributed by atoms with Gasteiger partial charge >= 0.3 is 0 Å².